The molecular formula is C42H37N7P4. The van der Waals surface area contributed by atoms with Gasteiger partial charge in [-0.05, 0) is 84.9 Å². The average molecular weight is 764 g/mol. The smallest absolute Gasteiger partial charge is 0.227 e. The van der Waals surface area contributed by atoms with Gasteiger partial charge in [-0.25, -0.2) is 0 Å². The van der Waals surface area contributed by atoms with Crippen LogP contribution in [0.2, 0.25) is 0 Å². The van der Waals surface area contributed by atoms with E-state index in [0.717, 1.165) is 11.4 Å². The van der Waals surface area contributed by atoms with Crippen LogP contribution >= 0.6 is 33.5 Å². The lowest BCUT2D eigenvalue weighted by Crippen LogP contribution is -2.51. The maximum Gasteiger partial charge on any atom is 0.227 e. The van der Waals surface area contributed by atoms with E-state index in [1.807, 2.05) is 0 Å². The van der Waals surface area contributed by atoms with Gasteiger partial charge in [0.05, 0.1) is 0 Å². The molecule has 0 aromatic heterocycles. The summed E-state index contributed by atoms with van der Waals surface area (Å²) < 4.78 is 13.3. The molecule has 2 aliphatic rings. The quantitative estimate of drug-likeness (QED) is 0.127. The fourth-order valence-corrected chi connectivity index (χ4v) is 19.2. The lowest BCUT2D eigenvalue weighted by atomic mass is 10.3. The second-order valence-electron chi connectivity index (χ2n) is 12.2. The van der Waals surface area contributed by atoms with Crippen LogP contribution in [-0.2, 0) is 0 Å². The highest BCUT2D eigenvalue weighted by Crippen LogP contribution is 2.88. The van der Waals surface area contributed by atoms with Crippen molar-refractivity contribution >= 4 is 73.3 Å². The van der Waals surface area contributed by atoms with E-state index in [-0.39, 0.29) is 0 Å². The van der Waals surface area contributed by atoms with Gasteiger partial charge in [0.1, 0.15) is 0 Å². The molecule has 2 N–H and O–H groups in total. The first-order valence-electron chi connectivity index (χ1n) is 17.4. The number of hydrogen-bond acceptors (Lipinski definition) is 7. The highest BCUT2D eigenvalue weighted by atomic mass is 31.3. The molecule has 2 heterocycles. The summed E-state index contributed by atoms with van der Waals surface area (Å²) in [7, 11) is -4.41. The first-order valence-corrected chi connectivity index (χ1v) is 22.3. The third-order valence-corrected chi connectivity index (χ3v) is 20.3. The Hall–Kier alpha value is -5.14. The summed E-state index contributed by atoms with van der Waals surface area (Å²) in [5.74, 6) is 0. The Balaban J connectivity index is 1.25. The Kier molecular flexibility index (Phi) is 9.82. The largest absolute Gasteiger partial charge is 0.330 e. The molecule has 0 spiro atoms. The lowest BCUT2D eigenvalue weighted by Gasteiger charge is -2.66. The van der Waals surface area contributed by atoms with Crippen molar-refractivity contribution in [2.75, 3.05) is 32.4 Å². The number of nitrogens with one attached hydrogen (secondary N) is 2. The molecule has 0 unspecified atom stereocenters. The first-order chi connectivity index (χ1) is 26.3. The zero-order valence-electron chi connectivity index (χ0n) is 28.7. The fraction of sp³-hybridized carbons (Fsp3) is 0. The molecule has 0 aliphatic carbocycles. The van der Waals surface area contributed by atoms with Gasteiger partial charge in [-0.1, -0.05) is 127 Å². The van der Waals surface area contributed by atoms with Crippen molar-refractivity contribution in [3.05, 3.63) is 212 Å². The maximum absolute atomic E-state index is 3.99. The van der Waals surface area contributed by atoms with E-state index in [2.05, 4.69) is 245 Å². The molecular weight excluding hydrogens is 726 g/mol. The molecule has 7 aromatic rings. The summed E-state index contributed by atoms with van der Waals surface area (Å²) >= 11 is 0. The number of para-hydroxylation sites is 7. The van der Waals surface area contributed by atoms with Crippen molar-refractivity contribution in [3.8, 4) is 0 Å². The van der Waals surface area contributed by atoms with Crippen molar-refractivity contribution in [1.29, 1.82) is 0 Å². The Morgan fingerprint density at radius 3 is 0.830 bits per heavy atom. The summed E-state index contributed by atoms with van der Waals surface area (Å²) in [6, 6.07) is 75.9. The van der Waals surface area contributed by atoms with Crippen LogP contribution in [0.4, 0.5) is 39.8 Å². The monoisotopic (exact) mass is 763 g/mol. The number of hydrogen-bond donors (Lipinski definition) is 2. The van der Waals surface area contributed by atoms with Gasteiger partial charge in [0.25, 0.3) is 0 Å². The van der Waals surface area contributed by atoms with Gasteiger partial charge in [0.2, 0.25) is 33.5 Å². The normalized spacial score (nSPS) is 19.2. The van der Waals surface area contributed by atoms with Crippen LogP contribution in [0.1, 0.15) is 0 Å². The summed E-state index contributed by atoms with van der Waals surface area (Å²) in [4.78, 5) is 0. The summed E-state index contributed by atoms with van der Waals surface area (Å²) in [6.45, 7) is 0. The van der Waals surface area contributed by atoms with Gasteiger partial charge in [0.15, 0.2) is 0 Å². The van der Waals surface area contributed by atoms with Crippen molar-refractivity contribution in [2.45, 2.75) is 0 Å². The minimum Gasteiger partial charge on any atom is -0.330 e. The van der Waals surface area contributed by atoms with E-state index in [4.69, 9.17) is 0 Å². The molecule has 0 bridgehead atoms. The molecule has 2 fully saturated rings. The van der Waals surface area contributed by atoms with E-state index in [1.54, 1.807) is 0 Å². The molecule has 0 saturated carbocycles. The van der Waals surface area contributed by atoms with Crippen LogP contribution in [0.3, 0.4) is 0 Å². The van der Waals surface area contributed by atoms with Crippen molar-refractivity contribution in [2.24, 2.45) is 0 Å². The van der Waals surface area contributed by atoms with Gasteiger partial charge >= 0.3 is 0 Å². The molecule has 0 atom stereocenters. The summed E-state index contributed by atoms with van der Waals surface area (Å²) in [5.41, 5.74) is 8.15. The minimum absolute atomic E-state index is 1.04. The van der Waals surface area contributed by atoms with E-state index < -0.39 is 33.5 Å². The second kappa shape index (κ2) is 15.5. The standard InChI is InChI=1S/C42H37N7P4/c1-8-22-36(23-9-1)43-50-45(38-26-12-3-13-27-38)52(46(50)39-28-14-4-15-29-39)49(42-34-20-7-21-35-42)53-47(40-30-16-5-17-31-40)51(44-37-24-10-2-11-25-37)48(53)41-32-18-6-19-33-41/h1-35,43-44H. The van der Waals surface area contributed by atoms with Crippen LogP contribution in [0, 0.1) is 0 Å². The Bertz CT molecular complexity index is 1960. The van der Waals surface area contributed by atoms with Crippen LogP contribution in [0.25, 0.3) is 0 Å². The Morgan fingerprint density at radius 2 is 0.547 bits per heavy atom. The number of anilines is 7. The highest BCUT2D eigenvalue weighted by molar-refractivity contribution is 8.05. The molecule has 11 heteroatoms. The SMILES string of the molecule is c1ccc(NP2N(c3ccccc3)P(N(c3ccccc3)P3N(c4ccccc4)P(Nc4ccccc4)N3c3ccccc3)N2c2ccccc2)cc1. The third-order valence-electron chi connectivity index (χ3n) is 8.68. The predicted octanol–water partition coefficient (Wildman–Crippen LogP) is 13.7. The first kappa shape index (κ1) is 33.7. The van der Waals surface area contributed by atoms with Crippen LogP contribution in [-0.4, -0.2) is 0 Å². The van der Waals surface area contributed by atoms with Crippen molar-refractivity contribution in [3.63, 3.8) is 0 Å². The zero-order chi connectivity index (χ0) is 35.4. The van der Waals surface area contributed by atoms with Crippen LogP contribution < -0.4 is 32.4 Å². The Labute approximate surface area is 316 Å². The molecule has 2 aliphatic heterocycles. The van der Waals surface area contributed by atoms with Crippen LogP contribution in [0.15, 0.2) is 212 Å². The number of nitrogens with zero attached hydrogens (tertiary/aromatic N) is 5. The second-order valence-corrected chi connectivity index (χ2v) is 20.5. The Morgan fingerprint density at radius 1 is 0.302 bits per heavy atom. The zero-order valence-corrected chi connectivity index (χ0v) is 32.3. The van der Waals surface area contributed by atoms with Gasteiger partial charge in [-0.2, -0.15) is 0 Å². The molecule has 53 heavy (non-hydrogen) atoms. The summed E-state index contributed by atoms with van der Waals surface area (Å²) in [6.07, 6.45) is 0. The topological polar surface area (TPSA) is 40.3 Å². The van der Waals surface area contributed by atoms with Gasteiger partial charge in [0, 0.05) is 39.8 Å². The predicted molar refractivity (Wildman–Crippen MR) is 232 cm³/mol. The number of benzene rings is 7. The molecule has 0 amide bonds. The highest BCUT2D eigenvalue weighted by Gasteiger charge is 2.61. The van der Waals surface area contributed by atoms with Crippen LogP contribution in [0.5, 0.6) is 0 Å². The van der Waals surface area contributed by atoms with Crippen molar-refractivity contribution < 1.29 is 0 Å². The average Bonchev–Trinajstić information content (AvgIpc) is 3.22. The molecule has 7 aromatic carbocycles. The minimum atomic E-state index is -1.16. The van der Waals surface area contributed by atoms with Gasteiger partial charge < -0.3 is 10.2 Å². The molecule has 2 saturated heterocycles. The van der Waals surface area contributed by atoms with Gasteiger partial charge in [-0.15, -0.1) is 0 Å². The van der Waals surface area contributed by atoms with E-state index in [1.165, 1.54) is 28.4 Å². The van der Waals surface area contributed by atoms with Crippen molar-refractivity contribution in [1.82, 2.24) is 0 Å². The molecule has 9 rings (SSSR count). The molecule has 0 radical (unpaired) electrons. The fourth-order valence-electron chi connectivity index (χ4n) is 6.26. The molecule has 7 nitrogen and oxygen atoms in total. The van der Waals surface area contributed by atoms with E-state index in [9.17, 15) is 0 Å². The maximum atomic E-state index is 3.99. The van der Waals surface area contributed by atoms with Gasteiger partial charge in [-0.3, -0.25) is 22.2 Å². The third kappa shape index (κ3) is 6.67. The molecule has 260 valence electrons. The number of rotatable bonds is 11. The lowest BCUT2D eigenvalue weighted by molar-refractivity contribution is 1.31. The van der Waals surface area contributed by atoms with E-state index in [0.29, 0.717) is 0 Å². The summed E-state index contributed by atoms with van der Waals surface area (Å²) in [5, 5.41) is 7.98. The van der Waals surface area contributed by atoms with E-state index >= 15 is 0 Å².